The first-order chi connectivity index (χ1) is 13.4. The maximum Gasteiger partial charge on any atom is 0.264 e. The van der Waals surface area contributed by atoms with Gasteiger partial charge in [0.2, 0.25) is 5.91 Å². The van der Waals surface area contributed by atoms with Crippen molar-refractivity contribution in [2.75, 3.05) is 16.2 Å². The zero-order chi connectivity index (χ0) is 20.1. The molecule has 0 bridgehead atoms. The number of para-hydroxylation sites is 1. The highest BCUT2D eigenvalue weighted by atomic mass is 79.9. The molecule has 8 heteroatoms. The molecule has 0 aromatic heterocycles. The Morgan fingerprint density at radius 3 is 2.14 bits per heavy atom. The molecule has 0 heterocycles. The van der Waals surface area contributed by atoms with E-state index in [0.29, 0.717) is 11.4 Å². The molecule has 0 spiro atoms. The summed E-state index contributed by atoms with van der Waals surface area (Å²) in [7, 11) is -4.07. The molecular weight excluding hydrogens is 447 g/mol. The van der Waals surface area contributed by atoms with Gasteiger partial charge in [0.25, 0.3) is 10.0 Å². The third-order valence-electron chi connectivity index (χ3n) is 3.86. The number of sulfonamides is 1. The first kappa shape index (κ1) is 20.0. The average Bonchev–Trinajstić information content (AvgIpc) is 2.69. The highest BCUT2D eigenvalue weighted by Gasteiger charge is 2.27. The van der Waals surface area contributed by atoms with Gasteiger partial charge in [0.1, 0.15) is 12.4 Å². The third-order valence-corrected chi connectivity index (χ3v) is 6.18. The number of nitrogens with zero attached hydrogens (tertiary/aromatic N) is 1. The molecule has 0 saturated heterocycles. The van der Waals surface area contributed by atoms with Gasteiger partial charge in [-0.1, -0.05) is 34.1 Å². The van der Waals surface area contributed by atoms with Crippen molar-refractivity contribution in [3.63, 3.8) is 0 Å². The Bertz CT molecular complexity index is 1060. The lowest BCUT2D eigenvalue weighted by molar-refractivity contribution is -0.114. The summed E-state index contributed by atoms with van der Waals surface area (Å²) >= 11 is 3.31. The van der Waals surface area contributed by atoms with E-state index in [9.17, 15) is 17.6 Å². The number of rotatable bonds is 6. The van der Waals surface area contributed by atoms with Crippen molar-refractivity contribution in [3.05, 3.63) is 89.2 Å². The molecule has 5 nitrogen and oxygen atoms in total. The van der Waals surface area contributed by atoms with E-state index in [1.807, 2.05) is 0 Å². The molecule has 0 fully saturated rings. The Labute approximate surface area is 171 Å². The Balaban J connectivity index is 1.90. The fraction of sp³-hybridized carbons (Fsp3) is 0.0500. The molecule has 0 aliphatic rings. The topological polar surface area (TPSA) is 66.5 Å². The average molecular weight is 463 g/mol. The van der Waals surface area contributed by atoms with E-state index in [2.05, 4.69) is 21.2 Å². The second-order valence-corrected chi connectivity index (χ2v) is 8.63. The van der Waals surface area contributed by atoms with Crippen LogP contribution in [-0.2, 0) is 14.8 Å². The standard InChI is InChI=1S/C20H16BrFN2O3S/c21-15-6-10-17(11-7-15)23-20(25)14-24(18-4-2-1-3-5-18)28(26,27)19-12-8-16(22)9-13-19/h1-13H,14H2,(H,23,25). The second kappa shape index (κ2) is 8.53. The van der Waals surface area contributed by atoms with Crippen molar-refractivity contribution in [2.45, 2.75) is 4.90 Å². The maximum atomic E-state index is 13.2. The molecular formula is C20H16BrFN2O3S. The quantitative estimate of drug-likeness (QED) is 0.589. The van der Waals surface area contributed by atoms with Crippen molar-refractivity contribution in [2.24, 2.45) is 0 Å². The predicted molar refractivity (Wildman–Crippen MR) is 110 cm³/mol. The van der Waals surface area contributed by atoms with Crippen LogP contribution in [0, 0.1) is 5.82 Å². The lowest BCUT2D eigenvalue weighted by atomic mass is 10.3. The van der Waals surface area contributed by atoms with Gasteiger partial charge in [-0.3, -0.25) is 9.10 Å². The molecule has 0 aliphatic carbocycles. The molecule has 3 aromatic rings. The van der Waals surface area contributed by atoms with Gasteiger partial charge in [0.15, 0.2) is 0 Å². The van der Waals surface area contributed by atoms with Crippen molar-refractivity contribution in [1.82, 2.24) is 0 Å². The summed E-state index contributed by atoms with van der Waals surface area (Å²) in [6.45, 7) is -0.431. The van der Waals surface area contributed by atoms with E-state index in [1.54, 1.807) is 54.6 Å². The van der Waals surface area contributed by atoms with Crippen LogP contribution in [0.2, 0.25) is 0 Å². The first-order valence-electron chi connectivity index (χ1n) is 8.25. The van der Waals surface area contributed by atoms with Gasteiger partial charge in [0.05, 0.1) is 10.6 Å². The van der Waals surface area contributed by atoms with Crippen LogP contribution in [0.3, 0.4) is 0 Å². The molecule has 0 saturated carbocycles. The van der Waals surface area contributed by atoms with Gasteiger partial charge in [-0.2, -0.15) is 0 Å². The molecule has 1 amide bonds. The zero-order valence-corrected chi connectivity index (χ0v) is 17.0. The van der Waals surface area contributed by atoms with Crippen LogP contribution in [0.15, 0.2) is 88.2 Å². The summed E-state index contributed by atoms with van der Waals surface area (Å²) in [5, 5.41) is 2.68. The monoisotopic (exact) mass is 462 g/mol. The van der Waals surface area contributed by atoms with Crippen molar-refractivity contribution in [1.29, 1.82) is 0 Å². The van der Waals surface area contributed by atoms with Crippen LogP contribution < -0.4 is 9.62 Å². The van der Waals surface area contributed by atoms with E-state index in [4.69, 9.17) is 0 Å². The van der Waals surface area contributed by atoms with Gasteiger partial charge < -0.3 is 5.32 Å². The van der Waals surface area contributed by atoms with E-state index in [0.717, 1.165) is 20.9 Å². The summed E-state index contributed by atoms with van der Waals surface area (Å²) in [6.07, 6.45) is 0. The molecule has 144 valence electrons. The number of nitrogens with one attached hydrogen (secondary N) is 1. The smallest absolute Gasteiger partial charge is 0.264 e. The number of hydrogen-bond acceptors (Lipinski definition) is 3. The highest BCUT2D eigenvalue weighted by Crippen LogP contribution is 2.24. The Morgan fingerprint density at radius 2 is 1.54 bits per heavy atom. The minimum Gasteiger partial charge on any atom is -0.325 e. The van der Waals surface area contributed by atoms with Crippen LogP contribution in [0.5, 0.6) is 0 Å². The predicted octanol–water partition coefficient (Wildman–Crippen LogP) is 4.42. The number of halogens is 2. The minimum absolute atomic E-state index is 0.103. The largest absolute Gasteiger partial charge is 0.325 e. The lowest BCUT2D eigenvalue weighted by Gasteiger charge is -2.24. The Morgan fingerprint density at radius 1 is 0.929 bits per heavy atom. The summed E-state index contributed by atoms with van der Waals surface area (Å²) in [5.41, 5.74) is 0.873. The third kappa shape index (κ3) is 4.76. The van der Waals surface area contributed by atoms with Crippen LogP contribution in [0.25, 0.3) is 0 Å². The highest BCUT2D eigenvalue weighted by molar-refractivity contribution is 9.10. The van der Waals surface area contributed by atoms with Gasteiger partial charge in [-0.25, -0.2) is 12.8 Å². The summed E-state index contributed by atoms with van der Waals surface area (Å²) < 4.78 is 41.2. The van der Waals surface area contributed by atoms with Crippen molar-refractivity contribution in [3.8, 4) is 0 Å². The van der Waals surface area contributed by atoms with Gasteiger partial charge in [-0.15, -0.1) is 0 Å². The van der Waals surface area contributed by atoms with Gasteiger partial charge >= 0.3 is 0 Å². The van der Waals surface area contributed by atoms with Crippen LogP contribution in [-0.4, -0.2) is 20.9 Å². The number of hydrogen-bond donors (Lipinski definition) is 1. The molecule has 28 heavy (non-hydrogen) atoms. The molecule has 0 atom stereocenters. The SMILES string of the molecule is O=C(CN(c1ccccc1)S(=O)(=O)c1ccc(F)cc1)Nc1ccc(Br)cc1. The lowest BCUT2D eigenvalue weighted by Crippen LogP contribution is -2.38. The van der Waals surface area contributed by atoms with E-state index < -0.39 is 28.3 Å². The van der Waals surface area contributed by atoms with Crippen LogP contribution in [0.4, 0.5) is 15.8 Å². The molecule has 0 aliphatic heterocycles. The van der Waals surface area contributed by atoms with E-state index in [-0.39, 0.29) is 4.90 Å². The summed E-state index contributed by atoms with van der Waals surface area (Å²) in [6, 6.07) is 19.7. The minimum atomic E-state index is -4.07. The van der Waals surface area contributed by atoms with Crippen molar-refractivity contribution < 1.29 is 17.6 Å². The Kier molecular flexibility index (Phi) is 6.11. The number of carbonyl (C=O) groups excluding carboxylic acids is 1. The number of amides is 1. The number of anilines is 2. The van der Waals surface area contributed by atoms with Crippen molar-refractivity contribution >= 4 is 43.2 Å². The summed E-state index contributed by atoms with van der Waals surface area (Å²) in [4.78, 5) is 12.4. The van der Waals surface area contributed by atoms with Gasteiger partial charge in [0, 0.05) is 10.2 Å². The van der Waals surface area contributed by atoms with Crippen LogP contribution in [0.1, 0.15) is 0 Å². The zero-order valence-electron chi connectivity index (χ0n) is 14.5. The normalized spacial score (nSPS) is 11.1. The number of benzene rings is 3. The first-order valence-corrected chi connectivity index (χ1v) is 10.5. The molecule has 1 N–H and O–H groups in total. The maximum absolute atomic E-state index is 13.2. The molecule has 0 unspecified atom stereocenters. The fourth-order valence-electron chi connectivity index (χ4n) is 2.51. The molecule has 0 radical (unpaired) electrons. The van der Waals surface area contributed by atoms with Crippen LogP contribution >= 0.6 is 15.9 Å². The molecule has 3 rings (SSSR count). The fourth-order valence-corrected chi connectivity index (χ4v) is 4.19. The molecule has 3 aromatic carbocycles. The van der Waals surface area contributed by atoms with E-state index >= 15 is 0 Å². The van der Waals surface area contributed by atoms with Gasteiger partial charge in [-0.05, 0) is 60.7 Å². The van der Waals surface area contributed by atoms with E-state index in [1.165, 1.54) is 12.1 Å². The number of carbonyl (C=O) groups is 1. The second-order valence-electron chi connectivity index (χ2n) is 5.86. The summed E-state index contributed by atoms with van der Waals surface area (Å²) in [5.74, 6) is -1.05. The Hall–Kier alpha value is -2.71.